The van der Waals surface area contributed by atoms with Crippen LogP contribution in [-0.2, 0) is 0 Å². The number of carbonyl (C=O) groups is 2. The van der Waals surface area contributed by atoms with Crippen LogP contribution in [0, 0.1) is 0 Å². The van der Waals surface area contributed by atoms with Crippen LogP contribution < -0.4 is 10.6 Å². The number of ketones is 2. The van der Waals surface area contributed by atoms with Gasteiger partial charge in [0.15, 0.2) is 0 Å². The summed E-state index contributed by atoms with van der Waals surface area (Å²) in [5.41, 5.74) is 1.05. The van der Waals surface area contributed by atoms with E-state index in [4.69, 9.17) is 0 Å². The normalized spacial score (nSPS) is 12.6. The Morgan fingerprint density at radius 2 is 1.08 bits per heavy atom. The fourth-order valence-corrected chi connectivity index (χ4v) is 3.04. The molecule has 0 aliphatic heterocycles. The minimum absolute atomic E-state index is 0.0318. The molecule has 0 bridgehead atoms. The molecule has 0 radical (unpaired) electrons. The average molecular weight is 326 g/mol. The highest BCUT2D eigenvalue weighted by atomic mass is 16.3. The van der Waals surface area contributed by atoms with Crippen molar-refractivity contribution >= 4 is 22.9 Å². The lowest BCUT2D eigenvalue weighted by Crippen LogP contribution is -2.24. The number of hydrogen-bond acceptors (Lipinski definition) is 6. The van der Waals surface area contributed by atoms with Gasteiger partial charge in [-0.1, -0.05) is 0 Å². The quantitative estimate of drug-likeness (QED) is 0.550. The zero-order valence-corrected chi connectivity index (χ0v) is 13.4. The molecule has 1 aliphatic rings. The maximum Gasteiger partial charge on any atom is 0.200 e. The molecule has 6 nitrogen and oxygen atoms in total. The fourth-order valence-electron chi connectivity index (χ4n) is 3.04. The van der Waals surface area contributed by atoms with Crippen molar-refractivity contribution in [2.75, 3.05) is 23.7 Å². The number of benzene rings is 2. The Balaban J connectivity index is 2.34. The summed E-state index contributed by atoms with van der Waals surface area (Å²) in [4.78, 5) is 26.0. The molecule has 0 amide bonds. The predicted octanol–water partition coefficient (Wildman–Crippen LogP) is 2.74. The summed E-state index contributed by atoms with van der Waals surface area (Å²) < 4.78 is 0. The van der Waals surface area contributed by atoms with E-state index < -0.39 is 11.6 Å². The Bertz CT molecular complexity index is 787. The topological polar surface area (TPSA) is 98.7 Å². The lowest BCUT2D eigenvalue weighted by molar-refractivity contribution is 0.0975. The van der Waals surface area contributed by atoms with Crippen LogP contribution in [0.1, 0.15) is 45.7 Å². The number of carbonyl (C=O) groups excluding carboxylic acids is 2. The molecule has 3 rings (SSSR count). The van der Waals surface area contributed by atoms with Crippen molar-refractivity contribution in [2.45, 2.75) is 13.8 Å². The number of aromatic hydroxyl groups is 2. The predicted molar refractivity (Wildman–Crippen MR) is 91.4 cm³/mol. The number of fused-ring (bicyclic) bond motifs is 2. The van der Waals surface area contributed by atoms with Gasteiger partial charge in [-0.15, -0.1) is 0 Å². The molecule has 0 fully saturated rings. The van der Waals surface area contributed by atoms with Crippen LogP contribution in [0.25, 0.3) is 0 Å². The maximum atomic E-state index is 13.0. The van der Waals surface area contributed by atoms with Gasteiger partial charge in [0.25, 0.3) is 0 Å². The van der Waals surface area contributed by atoms with Crippen LogP contribution in [0.15, 0.2) is 24.3 Å². The number of hydrogen-bond donors (Lipinski definition) is 4. The number of phenolic OH excluding ortho intramolecular Hbond substituents is 2. The summed E-state index contributed by atoms with van der Waals surface area (Å²) in [6.45, 7) is 4.83. The number of nitrogens with one attached hydrogen (secondary N) is 2. The highest BCUT2D eigenvalue weighted by Crippen LogP contribution is 2.42. The van der Waals surface area contributed by atoms with Crippen molar-refractivity contribution in [1.82, 2.24) is 0 Å². The van der Waals surface area contributed by atoms with Crippen molar-refractivity contribution in [3.8, 4) is 11.5 Å². The second-order valence-corrected chi connectivity index (χ2v) is 5.48. The van der Waals surface area contributed by atoms with E-state index in [1.54, 1.807) is 12.1 Å². The first-order chi connectivity index (χ1) is 11.5. The fraction of sp³-hybridized carbons (Fsp3) is 0.222. The van der Waals surface area contributed by atoms with Gasteiger partial charge in [0.2, 0.25) is 11.6 Å². The van der Waals surface area contributed by atoms with Crippen molar-refractivity contribution in [2.24, 2.45) is 0 Å². The zero-order chi connectivity index (χ0) is 17.4. The standard InChI is InChI=1S/C18H18N2O4/c1-3-19-9-5-7-11(21)15-13(9)17(23)16-12(22)8-6-10(20-4-2)14(16)18(15)24/h5-8,19-22H,3-4H2,1-2H3. The molecule has 2 aromatic rings. The first-order valence-electron chi connectivity index (χ1n) is 7.80. The Morgan fingerprint density at radius 3 is 1.42 bits per heavy atom. The molecule has 24 heavy (non-hydrogen) atoms. The minimum Gasteiger partial charge on any atom is -0.507 e. The maximum absolute atomic E-state index is 13.0. The third-order valence-electron chi connectivity index (χ3n) is 4.01. The molecular weight excluding hydrogens is 308 g/mol. The molecule has 124 valence electrons. The van der Waals surface area contributed by atoms with Gasteiger partial charge in [-0.25, -0.2) is 0 Å². The summed E-state index contributed by atoms with van der Waals surface area (Å²) in [6, 6.07) is 5.89. The Hall–Kier alpha value is -3.02. The Kier molecular flexibility index (Phi) is 3.89. The summed E-state index contributed by atoms with van der Waals surface area (Å²) in [5.74, 6) is -1.46. The van der Waals surface area contributed by atoms with E-state index in [9.17, 15) is 19.8 Å². The average Bonchev–Trinajstić information content (AvgIpc) is 2.56. The van der Waals surface area contributed by atoms with Gasteiger partial charge >= 0.3 is 0 Å². The molecule has 2 aromatic carbocycles. The summed E-state index contributed by atoms with van der Waals surface area (Å²) in [5, 5.41) is 26.4. The second-order valence-electron chi connectivity index (χ2n) is 5.48. The highest BCUT2D eigenvalue weighted by Gasteiger charge is 2.37. The van der Waals surface area contributed by atoms with E-state index in [2.05, 4.69) is 10.6 Å². The molecule has 0 aromatic heterocycles. The van der Waals surface area contributed by atoms with Crippen LogP contribution in [0.2, 0.25) is 0 Å². The van der Waals surface area contributed by atoms with Gasteiger partial charge in [0.1, 0.15) is 11.5 Å². The number of rotatable bonds is 4. The van der Waals surface area contributed by atoms with E-state index in [0.717, 1.165) is 0 Å². The van der Waals surface area contributed by atoms with Gasteiger partial charge in [-0.3, -0.25) is 9.59 Å². The molecule has 0 saturated carbocycles. The molecule has 0 unspecified atom stereocenters. The van der Waals surface area contributed by atoms with Gasteiger partial charge < -0.3 is 20.8 Å². The smallest absolute Gasteiger partial charge is 0.200 e. The molecule has 4 N–H and O–H groups in total. The van der Waals surface area contributed by atoms with Crippen molar-refractivity contribution in [3.63, 3.8) is 0 Å². The molecular formula is C18H18N2O4. The molecule has 1 aliphatic carbocycles. The molecule has 0 saturated heterocycles. The number of phenols is 2. The van der Waals surface area contributed by atoms with Gasteiger partial charge in [-0.2, -0.15) is 0 Å². The van der Waals surface area contributed by atoms with Crippen LogP contribution in [0.3, 0.4) is 0 Å². The summed E-state index contributed by atoms with van der Waals surface area (Å²) >= 11 is 0. The third kappa shape index (κ3) is 2.19. The minimum atomic E-state index is -0.483. The van der Waals surface area contributed by atoms with Gasteiger partial charge in [0.05, 0.1) is 22.3 Å². The van der Waals surface area contributed by atoms with E-state index in [0.29, 0.717) is 24.5 Å². The molecule has 0 heterocycles. The second kappa shape index (κ2) is 5.88. The first-order valence-corrected chi connectivity index (χ1v) is 7.80. The van der Waals surface area contributed by atoms with Crippen LogP contribution in [0.5, 0.6) is 11.5 Å². The lowest BCUT2D eigenvalue weighted by Gasteiger charge is -2.24. The monoisotopic (exact) mass is 326 g/mol. The van der Waals surface area contributed by atoms with Crippen molar-refractivity contribution < 1.29 is 19.8 Å². The summed E-state index contributed by atoms with van der Waals surface area (Å²) in [6.07, 6.45) is 0. The van der Waals surface area contributed by atoms with E-state index in [1.807, 2.05) is 13.8 Å². The first kappa shape index (κ1) is 15.9. The largest absolute Gasteiger partial charge is 0.507 e. The third-order valence-corrected chi connectivity index (χ3v) is 4.01. The van der Waals surface area contributed by atoms with Gasteiger partial charge in [0, 0.05) is 24.5 Å². The SMILES string of the molecule is CCNc1ccc(O)c2c1C(=O)c1c(O)ccc(NCC)c1C2=O. The highest BCUT2D eigenvalue weighted by molar-refractivity contribution is 6.33. The summed E-state index contributed by atoms with van der Waals surface area (Å²) in [7, 11) is 0. The van der Waals surface area contributed by atoms with Crippen LogP contribution >= 0.6 is 0 Å². The Morgan fingerprint density at radius 1 is 0.708 bits per heavy atom. The van der Waals surface area contributed by atoms with Crippen molar-refractivity contribution in [1.29, 1.82) is 0 Å². The Labute approximate surface area is 139 Å². The number of anilines is 2. The molecule has 0 atom stereocenters. The molecule has 0 spiro atoms. The van der Waals surface area contributed by atoms with Gasteiger partial charge in [-0.05, 0) is 38.1 Å². The zero-order valence-electron chi connectivity index (χ0n) is 13.4. The van der Waals surface area contributed by atoms with Crippen LogP contribution in [-0.4, -0.2) is 34.9 Å². The lowest BCUT2D eigenvalue weighted by atomic mass is 9.81. The van der Waals surface area contributed by atoms with E-state index >= 15 is 0 Å². The molecule has 6 heteroatoms. The van der Waals surface area contributed by atoms with Crippen LogP contribution in [0.4, 0.5) is 11.4 Å². The van der Waals surface area contributed by atoms with E-state index in [-0.39, 0.29) is 33.8 Å². The van der Waals surface area contributed by atoms with Crippen molar-refractivity contribution in [3.05, 3.63) is 46.5 Å². The van der Waals surface area contributed by atoms with E-state index in [1.165, 1.54) is 12.1 Å².